The Morgan fingerprint density at radius 2 is 2.22 bits per heavy atom. The predicted molar refractivity (Wildman–Crippen MR) is 66.2 cm³/mol. The lowest BCUT2D eigenvalue weighted by molar-refractivity contribution is 0.0623. The summed E-state index contributed by atoms with van der Waals surface area (Å²) in [6.45, 7) is 1.81. The fourth-order valence-corrected chi connectivity index (χ4v) is 2.52. The van der Waals surface area contributed by atoms with Crippen LogP contribution in [0.25, 0.3) is 0 Å². The first kappa shape index (κ1) is 13.1. The van der Waals surface area contributed by atoms with E-state index in [1.807, 2.05) is 6.92 Å². The average Bonchev–Trinajstić information content (AvgIpc) is 2.69. The number of rotatable bonds is 3. The Balaban J connectivity index is 2.58. The number of halogens is 2. The summed E-state index contributed by atoms with van der Waals surface area (Å²) in [5.41, 5.74) is -0.508. The first-order chi connectivity index (χ1) is 8.49. The zero-order chi connectivity index (χ0) is 13.3. The van der Waals surface area contributed by atoms with E-state index in [0.717, 1.165) is 6.20 Å². The molecule has 0 fully saturated rings. The second-order valence-corrected chi connectivity index (χ2v) is 4.68. The van der Waals surface area contributed by atoms with Gasteiger partial charge in [0.2, 0.25) is 0 Å². The molecule has 5 nitrogen and oxygen atoms in total. The molecule has 7 heteroatoms. The molecule has 0 saturated carbocycles. The third-order valence-corrected chi connectivity index (χ3v) is 3.37. The van der Waals surface area contributed by atoms with Gasteiger partial charge in [0.25, 0.3) is 0 Å². The lowest BCUT2D eigenvalue weighted by Crippen LogP contribution is -2.30. The molecule has 2 aromatic heterocycles. The van der Waals surface area contributed by atoms with E-state index >= 15 is 0 Å². The van der Waals surface area contributed by atoms with Gasteiger partial charge in [0.1, 0.15) is 11.5 Å². The Bertz CT molecular complexity index is 537. The minimum atomic E-state index is -1.36. The van der Waals surface area contributed by atoms with E-state index in [1.54, 1.807) is 7.05 Å². The van der Waals surface area contributed by atoms with Crippen LogP contribution in [0.1, 0.15) is 24.7 Å². The van der Waals surface area contributed by atoms with Crippen molar-refractivity contribution >= 4 is 15.9 Å². The van der Waals surface area contributed by atoms with Crippen LogP contribution >= 0.6 is 15.9 Å². The second kappa shape index (κ2) is 4.74. The highest BCUT2D eigenvalue weighted by molar-refractivity contribution is 9.10. The Morgan fingerprint density at radius 3 is 2.67 bits per heavy atom. The molecule has 2 heterocycles. The molecule has 1 unspecified atom stereocenters. The van der Waals surface area contributed by atoms with E-state index in [4.69, 9.17) is 0 Å². The molecular formula is C11H12BrFN4O. The van der Waals surface area contributed by atoms with Crippen molar-refractivity contribution in [2.45, 2.75) is 18.9 Å². The zero-order valence-corrected chi connectivity index (χ0v) is 11.5. The quantitative estimate of drug-likeness (QED) is 0.937. The van der Waals surface area contributed by atoms with Gasteiger partial charge in [-0.15, -0.1) is 5.10 Å². The zero-order valence-electron chi connectivity index (χ0n) is 9.93. The molecule has 0 aliphatic carbocycles. The molecule has 0 aromatic carbocycles. The van der Waals surface area contributed by atoms with Crippen LogP contribution in [0.2, 0.25) is 0 Å². The first-order valence-corrected chi connectivity index (χ1v) is 6.18. The monoisotopic (exact) mass is 314 g/mol. The van der Waals surface area contributed by atoms with Gasteiger partial charge in [-0.05, 0) is 34.5 Å². The average molecular weight is 315 g/mol. The smallest absolute Gasteiger partial charge is 0.154 e. The molecule has 0 saturated heterocycles. The third-order valence-electron chi connectivity index (χ3n) is 2.84. The molecular weight excluding hydrogens is 303 g/mol. The van der Waals surface area contributed by atoms with Crippen LogP contribution in [0.15, 0.2) is 22.9 Å². The highest BCUT2D eigenvalue weighted by Crippen LogP contribution is 2.34. The molecule has 0 bridgehead atoms. The molecule has 1 atom stereocenters. The van der Waals surface area contributed by atoms with Crippen molar-refractivity contribution in [3.63, 3.8) is 0 Å². The molecule has 2 rings (SSSR count). The van der Waals surface area contributed by atoms with Crippen LogP contribution < -0.4 is 0 Å². The number of aliphatic hydroxyl groups is 1. The van der Waals surface area contributed by atoms with Gasteiger partial charge in [0.15, 0.2) is 10.2 Å². The van der Waals surface area contributed by atoms with Gasteiger partial charge in [-0.3, -0.25) is 4.98 Å². The topological polar surface area (TPSA) is 63.8 Å². The summed E-state index contributed by atoms with van der Waals surface area (Å²) < 4.78 is 14.8. The van der Waals surface area contributed by atoms with Crippen molar-refractivity contribution in [1.29, 1.82) is 0 Å². The summed E-state index contributed by atoms with van der Waals surface area (Å²) in [5, 5.41) is 18.5. The van der Waals surface area contributed by atoms with Crippen molar-refractivity contribution in [2.24, 2.45) is 7.05 Å². The largest absolute Gasteiger partial charge is 0.377 e. The van der Waals surface area contributed by atoms with E-state index < -0.39 is 11.4 Å². The number of hydrogen-bond acceptors (Lipinski definition) is 4. The van der Waals surface area contributed by atoms with E-state index in [0.29, 0.717) is 22.4 Å². The number of nitrogens with zero attached hydrogens (tertiary/aromatic N) is 4. The van der Waals surface area contributed by atoms with Gasteiger partial charge in [0.05, 0.1) is 11.9 Å². The number of aromatic nitrogens is 4. The molecule has 0 spiro atoms. The SMILES string of the molecule is CCC(O)(c1ccc(F)cn1)c1c(Br)nnn1C. The summed E-state index contributed by atoms with van der Waals surface area (Å²) in [6, 6.07) is 2.72. The standard InChI is InChI=1S/C11H12BrFN4O/c1-3-11(18,8-5-4-7(13)6-14-8)9-10(12)15-16-17(9)2/h4-6,18H,3H2,1-2H3. The van der Waals surface area contributed by atoms with E-state index in [2.05, 4.69) is 31.2 Å². The maximum absolute atomic E-state index is 12.9. The first-order valence-electron chi connectivity index (χ1n) is 5.39. The minimum absolute atomic E-state index is 0.359. The summed E-state index contributed by atoms with van der Waals surface area (Å²) in [7, 11) is 1.68. The Kier molecular flexibility index (Phi) is 3.45. The van der Waals surface area contributed by atoms with E-state index in [9.17, 15) is 9.50 Å². The molecule has 2 aromatic rings. The van der Waals surface area contributed by atoms with Crippen LogP contribution in [-0.2, 0) is 12.6 Å². The van der Waals surface area contributed by atoms with Gasteiger partial charge in [0, 0.05) is 7.05 Å². The minimum Gasteiger partial charge on any atom is -0.377 e. The predicted octanol–water partition coefficient (Wildman–Crippen LogP) is 1.76. The highest BCUT2D eigenvalue weighted by Gasteiger charge is 2.37. The van der Waals surface area contributed by atoms with Gasteiger partial charge in [-0.25, -0.2) is 9.07 Å². The second-order valence-electron chi connectivity index (χ2n) is 3.93. The Labute approximate surface area is 112 Å². The van der Waals surface area contributed by atoms with Crippen molar-refractivity contribution in [3.05, 3.63) is 40.1 Å². The Hall–Kier alpha value is -1.34. The van der Waals surface area contributed by atoms with Crippen molar-refractivity contribution in [3.8, 4) is 0 Å². The number of pyridine rings is 1. The van der Waals surface area contributed by atoms with Crippen molar-refractivity contribution in [1.82, 2.24) is 20.0 Å². The van der Waals surface area contributed by atoms with Gasteiger partial charge < -0.3 is 5.11 Å². The van der Waals surface area contributed by atoms with Crippen molar-refractivity contribution < 1.29 is 9.50 Å². The van der Waals surface area contributed by atoms with Gasteiger partial charge in [-0.2, -0.15) is 0 Å². The van der Waals surface area contributed by atoms with E-state index in [-0.39, 0.29) is 0 Å². The normalized spacial score (nSPS) is 14.5. The number of aryl methyl sites for hydroxylation is 1. The van der Waals surface area contributed by atoms with Crippen LogP contribution in [0, 0.1) is 5.82 Å². The fraction of sp³-hybridized carbons (Fsp3) is 0.364. The molecule has 0 aliphatic heterocycles. The van der Waals surface area contributed by atoms with Gasteiger partial charge >= 0.3 is 0 Å². The lowest BCUT2D eigenvalue weighted by atomic mass is 9.92. The molecule has 0 radical (unpaired) electrons. The lowest BCUT2D eigenvalue weighted by Gasteiger charge is -2.26. The maximum Gasteiger partial charge on any atom is 0.154 e. The molecule has 0 amide bonds. The molecule has 96 valence electrons. The van der Waals surface area contributed by atoms with E-state index in [1.165, 1.54) is 16.8 Å². The number of hydrogen-bond donors (Lipinski definition) is 1. The Morgan fingerprint density at radius 1 is 1.50 bits per heavy atom. The molecule has 1 N–H and O–H groups in total. The maximum atomic E-state index is 12.9. The fourth-order valence-electron chi connectivity index (χ4n) is 1.86. The molecule has 18 heavy (non-hydrogen) atoms. The summed E-state index contributed by atoms with van der Waals surface area (Å²) in [4.78, 5) is 3.94. The van der Waals surface area contributed by atoms with Crippen LogP contribution in [0.5, 0.6) is 0 Å². The van der Waals surface area contributed by atoms with Crippen LogP contribution in [0.3, 0.4) is 0 Å². The van der Waals surface area contributed by atoms with Crippen LogP contribution in [-0.4, -0.2) is 25.1 Å². The van der Waals surface area contributed by atoms with Crippen LogP contribution in [0.4, 0.5) is 4.39 Å². The van der Waals surface area contributed by atoms with Gasteiger partial charge in [-0.1, -0.05) is 12.1 Å². The van der Waals surface area contributed by atoms with Crippen molar-refractivity contribution in [2.75, 3.05) is 0 Å². The summed E-state index contributed by atoms with van der Waals surface area (Å²) in [5.74, 6) is -0.445. The molecule has 0 aliphatic rings. The summed E-state index contributed by atoms with van der Waals surface area (Å²) in [6.07, 6.45) is 1.44. The highest BCUT2D eigenvalue weighted by atomic mass is 79.9. The third kappa shape index (κ3) is 2.04. The summed E-state index contributed by atoms with van der Waals surface area (Å²) >= 11 is 3.25.